The second kappa shape index (κ2) is 11.7. The summed E-state index contributed by atoms with van der Waals surface area (Å²) in [6.45, 7) is 4.10. The summed E-state index contributed by atoms with van der Waals surface area (Å²) < 4.78 is 0. The summed E-state index contributed by atoms with van der Waals surface area (Å²) in [5.41, 5.74) is 1.02. The normalized spacial score (nSPS) is 11.7. The van der Waals surface area contributed by atoms with E-state index in [4.69, 9.17) is 0 Å². The van der Waals surface area contributed by atoms with Gasteiger partial charge in [0.1, 0.15) is 0 Å². The van der Waals surface area contributed by atoms with E-state index >= 15 is 0 Å². The summed E-state index contributed by atoms with van der Waals surface area (Å²) in [6, 6.07) is 9.14. The number of urea groups is 1. The van der Waals surface area contributed by atoms with Crippen LogP contribution in [0, 0.1) is 0 Å². The third-order valence-corrected chi connectivity index (χ3v) is 3.91. The summed E-state index contributed by atoms with van der Waals surface area (Å²) in [4.78, 5) is 23.5. The molecule has 0 radical (unpaired) electrons. The molecule has 128 valence electrons. The van der Waals surface area contributed by atoms with Crippen molar-refractivity contribution in [3.05, 3.63) is 35.9 Å². The summed E-state index contributed by atoms with van der Waals surface area (Å²) in [5.74, 6) is -0.198. The maximum Gasteiger partial charge on any atom is 0.321 e. The van der Waals surface area contributed by atoms with Crippen molar-refractivity contribution in [2.75, 3.05) is 0 Å². The lowest BCUT2D eigenvalue weighted by Crippen LogP contribution is -2.40. The standard InChI is InChI=1S/C19H30N2O2/c1-3-4-5-6-7-8-12-15-18(22)21-19(23)20-16(2)17-13-10-9-11-14-17/h9-11,13-14,16H,3-8,12,15H2,1-2H3,(H2,20,21,22,23). The van der Waals surface area contributed by atoms with Gasteiger partial charge in [0.15, 0.2) is 0 Å². The highest BCUT2D eigenvalue weighted by molar-refractivity contribution is 5.94. The van der Waals surface area contributed by atoms with Crippen molar-refractivity contribution in [3.8, 4) is 0 Å². The number of imide groups is 1. The molecule has 2 N–H and O–H groups in total. The fraction of sp³-hybridized carbons (Fsp3) is 0.579. The minimum atomic E-state index is -0.422. The Morgan fingerprint density at radius 3 is 2.22 bits per heavy atom. The number of carbonyl (C=O) groups is 2. The molecular formula is C19H30N2O2. The highest BCUT2D eigenvalue weighted by atomic mass is 16.2. The van der Waals surface area contributed by atoms with E-state index in [1.165, 1.54) is 32.1 Å². The van der Waals surface area contributed by atoms with E-state index in [1.807, 2.05) is 37.3 Å². The molecule has 23 heavy (non-hydrogen) atoms. The van der Waals surface area contributed by atoms with Gasteiger partial charge in [-0.15, -0.1) is 0 Å². The van der Waals surface area contributed by atoms with E-state index in [-0.39, 0.29) is 11.9 Å². The number of hydrogen-bond acceptors (Lipinski definition) is 2. The molecule has 1 atom stereocenters. The number of hydrogen-bond donors (Lipinski definition) is 2. The maximum absolute atomic E-state index is 11.8. The molecule has 0 aliphatic heterocycles. The molecule has 0 spiro atoms. The van der Waals surface area contributed by atoms with Crippen LogP contribution < -0.4 is 10.6 Å². The van der Waals surface area contributed by atoms with Gasteiger partial charge in [-0.1, -0.05) is 75.8 Å². The Kier molecular flexibility index (Phi) is 9.76. The lowest BCUT2D eigenvalue weighted by molar-refractivity contribution is -0.120. The van der Waals surface area contributed by atoms with Gasteiger partial charge in [0.2, 0.25) is 5.91 Å². The zero-order valence-electron chi connectivity index (χ0n) is 14.4. The Hall–Kier alpha value is -1.84. The second-order valence-electron chi connectivity index (χ2n) is 6.03. The van der Waals surface area contributed by atoms with Gasteiger partial charge >= 0.3 is 6.03 Å². The fourth-order valence-electron chi connectivity index (χ4n) is 2.49. The van der Waals surface area contributed by atoms with Crippen LogP contribution in [0.3, 0.4) is 0 Å². The van der Waals surface area contributed by atoms with Gasteiger partial charge < -0.3 is 5.32 Å². The first-order valence-corrected chi connectivity index (χ1v) is 8.78. The zero-order chi connectivity index (χ0) is 16.9. The van der Waals surface area contributed by atoms with Crippen molar-refractivity contribution in [1.82, 2.24) is 10.6 Å². The monoisotopic (exact) mass is 318 g/mol. The van der Waals surface area contributed by atoms with Crippen molar-refractivity contribution in [2.45, 2.75) is 71.3 Å². The van der Waals surface area contributed by atoms with Crippen LogP contribution >= 0.6 is 0 Å². The van der Waals surface area contributed by atoms with Crippen LogP contribution in [0.2, 0.25) is 0 Å². The van der Waals surface area contributed by atoms with Crippen molar-refractivity contribution in [3.63, 3.8) is 0 Å². The van der Waals surface area contributed by atoms with Gasteiger partial charge in [-0.3, -0.25) is 10.1 Å². The number of rotatable bonds is 10. The lowest BCUT2D eigenvalue weighted by Gasteiger charge is -2.14. The maximum atomic E-state index is 11.8. The Labute approximate surface area is 140 Å². The van der Waals surface area contributed by atoms with Gasteiger partial charge in [-0.05, 0) is 18.9 Å². The quantitative estimate of drug-likeness (QED) is 0.614. The smallest absolute Gasteiger partial charge is 0.321 e. The van der Waals surface area contributed by atoms with Crippen LogP contribution in [0.1, 0.15) is 76.8 Å². The molecule has 0 fully saturated rings. The molecule has 0 saturated heterocycles. The lowest BCUT2D eigenvalue weighted by atomic mass is 10.1. The molecule has 1 unspecified atom stereocenters. The summed E-state index contributed by atoms with van der Waals surface area (Å²) in [7, 11) is 0. The average Bonchev–Trinajstić information content (AvgIpc) is 2.54. The van der Waals surface area contributed by atoms with E-state index in [1.54, 1.807) is 0 Å². The first kappa shape index (κ1) is 19.2. The van der Waals surface area contributed by atoms with Crippen molar-refractivity contribution < 1.29 is 9.59 Å². The van der Waals surface area contributed by atoms with E-state index in [9.17, 15) is 9.59 Å². The second-order valence-corrected chi connectivity index (χ2v) is 6.03. The largest absolute Gasteiger partial charge is 0.331 e. The molecule has 1 aromatic rings. The zero-order valence-corrected chi connectivity index (χ0v) is 14.4. The molecule has 0 heterocycles. The first-order valence-electron chi connectivity index (χ1n) is 8.78. The molecular weight excluding hydrogens is 288 g/mol. The van der Waals surface area contributed by atoms with E-state index in [0.717, 1.165) is 18.4 Å². The highest BCUT2D eigenvalue weighted by Crippen LogP contribution is 2.11. The number of carbonyl (C=O) groups excluding carboxylic acids is 2. The molecule has 0 aliphatic rings. The Morgan fingerprint density at radius 1 is 0.957 bits per heavy atom. The van der Waals surface area contributed by atoms with Crippen molar-refractivity contribution in [1.29, 1.82) is 0 Å². The van der Waals surface area contributed by atoms with Gasteiger partial charge in [-0.2, -0.15) is 0 Å². The van der Waals surface area contributed by atoms with Crippen LogP contribution in [0.25, 0.3) is 0 Å². The van der Waals surface area contributed by atoms with E-state index in [0.29, 0.717) is 6.42 Å². The molecule has 4 heteroatoms. The predicted molar refractivity (Wildman–Crippen MR) is 94.1 cm³/mol. The number of amides is 3. The fourth-order valence-corrected chi connectivity index (χ4v) is 2.49. The van der Waals surface area contributed by atoms with Crippen molar-refractivity contribution >= 4 is 11.9 Å². The molecule has 3 amide bonds. The molecule has 1 rings (SSSR count). The number of nitrogens with one attached hydrogen (secondary N) is 2. The van der Waals surface area contributed by atoms with Crippen molar-refractivity contribution in [2.24, 2.45) is 0 Å². The van der Waals surface area contributed by atoms with Gasteiger partial charge in [0, 0.05) is 6.42 Å². The predicted octanol–water partition coefficient (Wildman–Crippen LogP) is 4.71. The minimum Gasteiger partial charge on any atom is -0.331 e. The number of unbranched alkanes of at least 4 members (excludes halogenated alkanes) is 6. The van der Waals surface area contributed by atoms with E-state index in [2.05, 4.69) is 17.6 Å². The van der Waals surface area contributed by atoms with Crippen LogP contribution in [0.4, 0.5) is 4.79 Å². The minimum absolute atomic E-state index is 0.123. The summed E-state index contributed by atoms with van der Waals surface area (Å²) >= 11 is 0. The Bertz CT molecular complexity index is 460. The summed E-state index contributed by atoms with van der Waals surface area (Å²) in [5, 5.41) is 5.18. The Morgan fingerprint density at radius 2 is 1.57 bits per heavy atom. The average molecular weight is 318 g/mol. The van der Waals surface area contributed by atoms with Crippen LogP contribution in [-0.2, 0) is 4.79 Å². The van der Waals surface area contributed by atoms with Gasteiger partial charge in [0.25, 0.3) is 0 Å². The Balaban J connectivity index is 2.13. The molecule has 4 nitrogen and oxygen atoms in total. The van der Waals surface area contributed by atoms with Crippen LogP contribution in [0.5, 0.6) is 0 Å². The van der Waals surface area contributed by atoms with E-state index < -0.39 is 6.03 Å². The van der Waals surface area contributed by atoms with Crippen LogP contribution in [-0.4, -0.2) is 11.9 Å². The van der Waals surface area contributed by atoms with Gasteiger partial charge in [0.05, 0.1) is 6.04 Å². The third kappa shape index (κ3) is 9.01. The first-order chi connectivity index (χ1) is 11.1. The molecule has 0 saturated carbocycles. The SMILES string of the molecule is CCCCCCCCCC(=O)NC(=O)NC(C)c1ccccc1. The third-order valence-electron chi connectivity index (χ3n) is 3.91. The topological polar surface area (TPSA) is 58.2 Å². The summed E-state index contributed by atoms with van der Waals surface area (Å²) in [6.07, 6.45) is 8.55. The molecule has 0 aromatic heterocycles. The molecule has 0 aliphatic carbocycles. The number of benzene rings is 1. The molecule has 0 bridgehead atoms. The molecule has 1 aromatic carbocycles. The highest BCUT2D eigenvalue weighted by Gasteiger charge is 2.11. The van der Waals surface area contributed by atoms with Crippen LogP contribution in [0.15, 0.2) is 30.3 Å². The van der Waals surface area contributed by atoms with Gasteiger partial charge in [-0.25, -0.2) is 4.79 Å².